The number of anilines is 3. The summed E-state index contributed by atoms with van der Waals surface area (Å²) < 4.78 is 15.6. The van der Waals surface area contributed by atoms with E-state index in [0.29, 0.717) is 31.0 Å². The highest BCUT2D eigenvalue weighted by Gasteiger charge is 2.32. The van der Waals surface area contributed by atoms with E-state index >= 15 is 0 Å². The first kappa shape index (κ1) is 24.9. The molecule has 1 aliphatic heterocycles. The van der Waals surface area contributed by atoms with Crippen LogP contribution >= 0.6 is 22.9 Å². The summed E-state index contributed by atoms with van der Waals surface area (Å²) in [5, 5.41) is 5.85. The maximum atomic E-state index is 13.1. The number of aryl methyl sites for hydroxylation is 1. The standard InChI is InChI=1S/C24H23ClN4O4S2/c1-3-10-26-17-6-9-19-15(12-17)13-20(30)29(23(19)31)18-7-4-16(5-8-18)27-24(32)28-35(33)21-11-14(2)22(25)34-21/h4-9,11-12,26H,3,10,13H2,1-2H3,(H2,27,28,32). The van der Waals surface area contributed by atoms with Crippen molar-refractivity contribution in [2.75, 3.05) is 22.1 Å². The van der Waals surface area contributed by atoms with Crippen molar-refractivity contribution in [2.24, 2.45) is 0 Å². The van der Waals surface area contributed by atoms with E-state index in [1.165, 1.54) is 0 Å². The second-order valence-electron chi connectivity index (χ2n) is 7.90. The van der Waals surface area contributed by atoms with E-state index in [1.807, 2.05) is 12.1 Å². The van der Waals surface area contributed by atoms with E-state index in [-0.39, 0.29) is 12.3 Å². The first-order valence-electron chi connectivity index (χ1n) is 10.9. The van der Waals surface area contributed by atoms with Crippen molar-refractivity contribution < 1.29 is 18.6 Å². The van der Waals surface area contributed by atoms with Crippen LogP contribution in [0.4, 0.5) is 21.9 Å². The summed E-state index contributed by atoms with van der Waals surface area (Å²) in [5.41, 5.74) is 3.66. The van der Waals surface area contributed by atoms with Crippen LogP contribution in [0.5, 0.6) is 0 Å². The number of hydrogen-bond donors (Lipinski definition) is 3. The first-order chi connectivity index (χ1) is 16.8. The van der Waals surface area contributed by atoms with Crippen molar-refractivity contribution in [3.8, 4) is 0 Å². The third kappa shape index (κ3) is 5.55. The molecule has 4 amide bonds. The lowest BCUT2D eigenvalue weighted by molar-refractivity contribution is -0.117. The summed E-state index contributed by atoms with van der Waals surface area (Å²) in [7, 11) is -1.75. The van der Waals surface area contributed by atoms with Gasteiger partial charge in [-0.05, 0) is 73.0 Å². The fourth-order valence-electron chi connectivity index (χ4n) is 3.57. The smallest absolute Gasteiger partial charge is 0.331 e. The molecule has 8 nitrogen and oxygen atoms in total. The molecule has 2 heterocycles. The van der Waals surface area contributed by atoms with Gasteiger partial charge in [-0.1, -0.05) is 18.5 Å². The number of rotatable bonds is 7. The van der Waals surface area contributed by atoms with E-state index in [0.717, 1.165) is 40.5 Å². The number of imide groups is 1. The van der Waals surface area contributed by atoms with Gasteiger partial charge in [0.1, 0.15) is 4.21 Å². The van der Waals surface area contributed by atoms with Crippen molar-refractivity contribution in [1.82, 2.24) is 4.72 Å². The summed E-state index contributed by atoms with van der Waals surface area (Å²) in [6.07, 6.45) is 1.08. The third-order valence-corrected chi connectivity index (χ3v) is 8.20. The van der Waals surface area contributed by atoms with Gasteiger partial charge >= 0.3 is 6.03 Å². The van der Waals surface area contributed by atoms with Crippen LogP contribution < -0.4 is 20.3 Å². The van der Waals surface area contributed by atoms with Crippen LogP contribution in [-0.2, 0) is 22.2 Å². The molecule has 0 spiro atoms. The van der Waals surface area contributed by atoms with Gasteiger partial charge in [-0.3, -0.25) is 14.3 Å². The lowest BCUT2D eigenvalue weighted by atomic mass is 9.97. The average molecular weight is 531 g/mol. The Labute approximate surface area is 214 Å². The molecule has 0 aliphatic carbocycles. The zero-order chi connectivity index (χ0) is 25.1. The van der Waals surface area contributed by atoms with Crippen LogP contribution in [-0.4, -0.2) is 28.6 Å². The Morgan fingerprint density at radius 1 is 1.11 bits per heavy atom. The van der Waals surface area contributed by atoms with Gasteiger partial charge < -0.3 is 10.6 Å². The van der Waals surface area contributed by atoms with Crippen LogP contribution in [0.25, 0.3) is 0 Å². The Kier molecular flexibility index (Phi) is 7.54. The summed E-state index contributed by atoms with van der Waals surface area (Å²) >= 11 is 7.13. The van der Waals surface area contributed by atoms with Crippen molar-refractivity contribution in [3.63, 3.8) is 0 Å². The van der Waals surface area contributed by atoms with E-state index < -0.39 is 22.9 Å². The van der Waals surface area contributed by atoms with Crippen LogP contribution in [0.1, 0.15) is 34.8 Å². The number of carbonyl (C=O) groups excluding carboxylic acids is 3. The molecule has 35 heavy (non-hydrogen) atoms. The van der Waals surface area contributed by atoms with Crippen molar-refractivity contribution >= 4 is 68.8 Å². The number of carbonyl (C=O) groups is 3. The minimum atomic E-state index is -1.75. The fraction of sp³-hybridized carbons (Fsp3) is 0.208. The van der Waals surface area contributed by atoms with Crippen molar-refractivity contribution in [3.05, 3.63) is 69.6 Å². The van der Waals surface area contributed by atoms with Gasteiger partial charge in [0.15, 0.2) is 11.0 Å². The van der Waals surface area contributed by atoms with Crippen molar-refractivity contribution in [1.29, 1.82) is 0 Å². The quantitative estimate of drug-likeness (QED) is 0.368. The molecule has 0 radical (unpaired) electrons. The van der Waals surface area contributed by atoms with Gasteiger partial charge in [0, 0.05) is 23.5 Å². The van der Waals surface area contributed by atoms with E-state index in [1.54, 1.807) is 43.3 Å². The third-order valence-electron chi connectivity index (χ3n) is 5.30. The number of thiophene rings is 1. The molecule has 3 aromatic rings. The average Bonchev–Trinajstić information content (AvgIpc) is 3.17. The van der Waals surface area contributed by atoms with Crippen LogP contribution in [0.2, 0.25) is 4.34 Å². The van der Waals surface area contributed by atoms with Crippen molar-refractivity contribution in [2.45, 2.75) is 30.9 Å². The Morgan fingerprint density at radius 2 is 1.83 bits per heavy atom. The number of fused-ring (bicyclic) bond motifs is 1. The molecule has 0 fully saturated rings. The van der Waals surface area contributed by atoms with E-state index in [9.17, 15) is 18.6 Å². The molecular formula is C24H23ClN4O4S2. The Morgan fingerprint density at radius 3 is 2.49 bits per heavy atom. The van der Waals surface area contributed by atoms with Crippen LogP contribution in [0.3, 0.4) is 0 Å². The number of amides is 4. The molecule has 0 saturated carbocycles. The Hall–Kier alpha value is -3.21. The monoisotopic (exact) mass is 530 g/mol. The number of nitrogens with one attached hydrogen (secondary N) is 3. The van der Waals surface area contributed by atoms with Gasteiger partial charge in [-0.15, -0.1) is 11.3 Å². The highest BCUT2D eigenvalue weighted by Crippen LogP contribution is 2.30. The molecule has 3 N–H and O–H groups in total. The SMILES string of the molecule is CCCNc1ccc2c(c1)CC(=O)N(c1ccc(NC(=O)NS(=O)c3cc(C)c(Cl)s3)cc1)C2=O. The molecule has 1 aliphatic rings. The topological polar surface area (TPSA) is 108 Å². The molecule has 0 bridgehead atoms. The number of urea groups is 1. The van der Waals surface area contributed by atoms with E-state index in [4.69, 9.17) is 11.6 Å². The van der Waals surface area contributed by atoms with Crippen LogP contribution in [0, 0.1) is 6.92 Å². The molecule has 0 saturated heterocycles. The maximum absolute atomic E-state index is 13.1. The molecular weight excluding hydrogens is 508 g/mol. The molecule has 1 aromatic heterocycles. The predicted octanol–water partition coefficient (Wildman–Crippen LogP) is 5.11. The van der Waals surface area contributed by atoms with Gasteiger partial charge in [-0.25, -0.2) is 13.9 Å². The zero-order valence-corrected chi connectivity index (χ0v) is 21.4. The largest absolute Gasteiger partial charge is 0.385 e. The predicted molar refractivity (Wildman–Crippen MR) is 140 cm³/mol. The number of benzene rings is 2. The lowest BCUT2D eigenvalue weighted by Gasteiger charge is -2.27. The highest BCUT2D eigenvalue weighted by molar-refractivity contribution is 7.86. The first-order valence-corrected chi connectivity index (χ1v) is 13.2. The van der Waals surface area contributed by atoms with Gasteiger partial charge in [0.2, 0.25) is 5.91 Å². The molecule has 4 rings (SSSR count). The number of halogens is 1. The maximum Gasteiger partial charge on any atom is 0.331 e. The molecule has 182 valence electrons. The second-order valence-corrected chi connectivity index (χ2v) is 11.0. The zero-order valence-electron chi connectivity index (χ0n) is 19.0. The summed E-state index contributed by atoms with van der Waals surface area (Å²) in [6.45, 7) is 4.66. The fourth-order valence-corrected chi connectivity index (χ4v) is 5.93. The summed E-state index contributed by atoms with van der Waals surface area (Å²) in [4.78, 5) is 39.2. The number of hydrogen-bond acceptors (Lipinski definition) is 6. The minimum Gasteiger partial charge on any atom is -0.385 e. The molecule has 2 aromatic carbocycles. The van der Waals surface area contributed by atoms with Gasteiger partial charge in [-0.2, -0.15) is 0 Å². The summed E-state index contributed by atoms with van der Waals surface area (Å²) in [5.74, 6) is -0.717. The Bertz CT molecular complexity index is 1300. The van der Waals surface area contributed by atoms with Crippen LogP contribution in [0.15, 0.2) is 52.7 Å². The summed E-state index contributed by atoms with van der Waals surface area (Å²) in [6, 6.07) is 12.7. The highest BCUT2D eigenvalue weighted by atomic mass is 35.5. The minimum absolute atomic E-state index is 0.114. The number of nitrogens with zero attached hydrogens (tertiary/aromatic N) is 1. The van der Waals surface area contributed by atoms with E-state index in [2.05, 4.69) is 22.3 Å². The molecule has 1 atom stereocenters. The lowest BCUT2D eigenvalue weighted by Crippen LogP contribution is -2.42. The van der Waals surface area contributed by atoms with Gasteiger partial charge in [0.25, 0.3) is 5.91 Å². The second kappa shape index (κ2) is 10.6. The molecule has 1 unspecified atom stereocenters. The Balaban J connectivity index is 1.42. The van der Waals surface area contributed by atoms with Gasteiger partial charge in [0.05, 0.1) is 16.4 Å². The molecule has 11 heteroatoms. The normalized spacial score (nSPS) is 13.9.